The van der Waals surface area contributed by atoms with Crippen LogP contribution in [0, 0.1) is 0 Å². The summed E-state index contributed by atoms with van der Waals surface area (Å²) in [4.78, 5) is 0. The highest BCUT2D eigenvalue weighted by Gasteiger charge is 2.53. The molecule has 11 nitrogen and oxygen atoms in total. The third-order valence-electron chi connectivity index (χ3n) is 11.5. The van der Waals surface area contributed by atoms with Crippen LogP contribution >= 0.6 is 0 Å². The van der Waals surface area contributed by atoms with Crippen LogP contribution in [0.1, 0.15) is 33.4 Å². The van der Waals surface area contributed by atoms with Gasteiger partial charge in [0, 0.05) is 0 Å². The molecule has 6 aromatic carbocycles. The fourth-order valence-corrected chi connectivity index (χ4v) is 8.03. The predicted molar refractivity (Wildman–Crippen MR) is 245 cm³/mol. The minimum absolute atomic E-state index is 0.0422. The highest BCUT2D eigenvalue weighted by atomic mass is 16.8. The van der Waals surface area contributed by atoms with Gasteiger partial charge in [-0.25, -0.2) is 0 Å². The number of aliphatic hydroxyl groups excluding tert-OH is 1. The molecule has 0 radical (unpaired) electrons. The maximum Gasteiger partial charge on any atom is 0.187 e. The minimum Gasteiger partial charge on any atom is -0.388 e. The molecule has 11 heteroatoms. The number of benzene rings is 6. The summed E-state index contributed by atoms with van der Waals surface area (Å²) in [5.41, 5.74) is 12.9. The fraction of sp³-hybridized carbons (Fsp3) is 0.333. The summed E-state index contributed by atoms with van der Waals surface area (Å²) in [5.74, 6) is 0. The Bertz CT molecular complexity index is 2210. The van der Waals surface area contributed by atoms with Crippen LogP contribution in [-0.2, 0) is 82.3 Å². The van der Waals surface area contributed by atoms with Crippen LogP contribution in [0.3, 0.4) is 0 Å². The molecule has 0 unspecified atom stereocenters. The van der Waals surface area contributed by atoms with Crippen molar-refractivity contribution in [2.24, 2.45) is 5.73 Å². The van der Waals surface area contributed by atoms with Crippen molar-refractivity contribution in [1.82, 2.24) is 0 Å². The molecular weight excluding hydrogens is 823 g/mol. The van der Waals surface area contributed by atoms with Gasteiger partial charge in [-0.2, -0.15) is 0 Å². The Morgan fingerprint density at radius 2 is 0.708 bits per heavy atom. The van der Waals surface area contributed by atoms with Gasteiger partial charge >= 0.3 is 0 Å². The van der Waals surface area contributed by atoms with Crippen molar-refractivity contribution in [3.63, 3.8) is 0 Å². The summed E-state index contributed by atoms with van der Waals surface area (Å²) in [6, 6.07) is 58.4. The van der Waals surface area contributed by atoms with Crippen LogP contribution in [0.4, 0.5) is 0 Å². The first kappa shape index (κ1) is 46.4. The summed E-state index contributed by atoms with van der Waals surface area (Å²) >= 11 is 0. The normalized spacial score (nSPS) is 25.6. The van der Waals surface area contributed by atoms with Gasteiger partial charge in [0.2, 0.25) is 0 Å². The quantitative estimate of drug-likeness (QED) is 0.0691. The minimum atomic E-state index is -1.14. The lowest BCUT2D eigenvalue weighted by molar-refractivity contribution is -0.367. The molecule has 3 N–H and O–H groups in total. The smallest absolute Gasteiger partial charge is 0.187 e. The summed E-state index contributed by atoms with van der Waals surface area (Å²) in [5, 5.41) is 11.9. The highest BCUT2D eigenvalue weighted by Crippen LogP contribution is 2.35. The molecule has 2 aliphatic rings. The van der Waals surface area contributed by atoms with E-state index in [1.165, 1.54) is 0 Å². The van der Waals surface area contributed by atoms with Crippen LogP contribution in [0.25, 0.3) is 0 Å². The van der Waals surface area contributed by atoms with Crippen molar-refractivity contribution in [1.29, 1.82) is 0 Å². The Labute approximate surface area is 381 Å². The Hall–Kier alpha value is -5.12. The monoisotopic (exact) mass is 881 g/mol. The zero-order valence-corrected chi connectivity index (χ0v) is 36.4. The third kappa shape index (κ3) is 13.5. The second-order valence-electron chi connectivity index (χ2n) is 16.3. The number of nitrogens with two attached hydrogens (primary N) is 1. The fourth-order valence-electron chi connectivity index (χ4n) is 8.03. The van der Waals surface area contributed by atoms with Gasteiger partial charge in [0.05, 0.1) is 58.9 Å². The lowest BCUT2D eigenvalue weighted by atomic mass is 9.95. The van der Waals surface area contributed by atoms with Crippen LogP contribution in [0.2, 0.25) is 0 Å². The molecule has 2 fully saturated rings. The van der Waals surface area contributed by atoms with E-state index < -0.39 is 61.3 Å². The summed E-state index contributed by atoms with van der Waals surface area (Å²) in [7, 11) is 0. The van der Waals surface area contributed by atoms with E-state index in [0.29, 0.717) is 13.2 Å². The van der Waals surface area contributed by atoms with E-state index in [4.69, 9.17) is 48.4 Å². The van der Waals surface area contributed by atoms with E-state index in [2.05, 4.69) is 0 Å². The molecule has 0 aliphatic carbocycles. The topological polar surface area (TPSA) is 129 Å². The molecule has 6 aromatic rings. The van der Waals surface area contributed by atoms with Crippen molar-refractivity contribution >= 4 is 0 Å². The van der Waals surface area contributed by atoms with Gasteiger partial charge in [0.15, 0.2) is 12.6 Å². The van der Waals surface area contributed by atoms with Gasteiger partial charge in [0.1, 0.15) is 42.7 Å². The summed E-state index contributed by atoms with van der Waals surface area (Å²) < 4.78 is 60.2. The molecule has 0 bridgehead atoms. The molecule has 0 amide bonds. The van der Waals surface area contributed by atoms with Crippen LogP contribution in [0.5, 0.6) is 0 Å². The van der Waals surface area contributed by atoms with Crippen molar-refractivity contribution < 1.29 is 47.7 Å². The van der Waals surface area contributed by atoms with Gasteiger partial charge in [-0.1, -0.05) is 182 Å². The maximum absolute atomic E-state index is 11.9. The van der Waals surface area contributed by atoms with Gasteiger partial charge in [-0.3, -0.25) is 0 Å². The lowest BCUT2D eigenvalue weighted by Gasteiger charge is -2.49. The Balaban J connectivity index is 1.12. The average molecular weight is 882 g/mol. The van der Waals surface area contributed by atoms with E-state index in [9.17, 15) is 5.11 Å². The summed E-state index contributed by atoms with van der Waals surface area (Å²) in [6.45, 7) is 1.80. The second kappa shape index (κ2) is 24.4. The number of aliphatic hydroxyl groups is 1. The molecule has 2 aliphatic heterocycles. The first-order chi connectivity index (χ1) is 32.1. The van der Waals surface area contributed by atoms with E-state index in [1.807, 2.05) is 182 Å². The van der Waals surface area contributed by atoms with Crippen LogP contribution in [-0.4, -0.2) is 79.7 Å². The largest absolute Gasteiger partial charge is 0.388 e. The molecular formula is C54H59NO10. The molecule has 8 rings (SSSR count). The molecule has 0 aromatic heterocycles. The number of hydrogen-bond donors (Lipinski definition) is 2. The van der Waals surface area contributed by atoms with E-state index in [-0.39, 0.29) is 39.6 Å². The van der Waals surface area contributed by atoms with Gasteiger partial charge in [0.25, 0.3) is 0 Å². The number of ether oxygens (including phenoxy) is 9. The summed E-state index contributed by atoms with van der Waals surface area (Å²) in [6.07, 6.45) is -8.23. The molecule has 10 atom stereocenters. The van der Waals surface area contributed by atoms with E-state index in [1.54, 1.807) is 0 Å². The molecule has 340 valence electrons. The third-order valence-corrected chi connectivity index (χ3v) is 11.5. The maximum atomic E-state index is 11.9. The van der Waals surface area contributed by atoms with Gasteiger partial charge < -0.3 is 53.5 Å². The second-order valence-corrected chi connectivity index (χ2v) is 16.3. The first-order valence-electron chi connectivity index (χ1n) is 22.3. The predicted octanol–water partition coefficient (Wildman–Crippen LogP) is 7.92. The van der Waals surface area contributed by atoms with Gasteiger partial charge in [-0.15, -0.1) is 0 Å². The zero-order chi connectivity index (χ0) is 44.5. The van der Waals surface area contributed by atoms with Gasteiger partial charge in [-0.05, 0) is 33.4 Å². The molecule has 2 heterocycles. The highest BCUT2D eigenvalue weighted by molar-refractivity contribution is 5.18. The van der Waals surface area contributed by atoms with Crippen LogP contribution in [0.15, 0.2) is 182 Å². The Kier molecular flexibility index (Phi) is 17.4. The van der Waals surface area contributed by atoms with Crippen molar-refractivity contribution in [3.8, 4) is 0 Å². The van der Waals surface area contributed by atoms with E-state index >= 15 is 0 Å². The van der Waals surface area contributed by atoms with Crippen molar-refractivity contribution in [2.45, 2.75) is 101 Å². The molecule has 0 saturated carbocycles. The average Bonchev–Trinajstić information content (AvgIpc) is 3.36. The van der Waals surface area contributed by atoms with Crippen molar-refractivity contribution in [3.05, 3.63) is 215 Å². The Morgan fingerprint density at radius 3 is 1.14 bits per heavy atom. The number of hydrogen-bond acceptors (Lipinski definition) is 11. The first-order valence-corrected chi connectivity index (χ1v) is 22.3. The zero-order valence-electron chi connectivity index (χ0n) is 36.4. The van der Waals surface area contributed by atoms with E-state index in [0.717, 1.165) is 33.4 Å². The SMILES string of the molecule is N[C@H]1[C@H](O[C@@H]2[C@@H](OCc3ccccc3)O[C@H](COCc3ccccc3)[C@@H](OCc3ccccc3)[C@@H]2OCc2ccccc2)O[C@H](COCc2ccccc2)[C@@H](O)[C@@H]1OCc1ccccc1. The van der Waals surface area contributed by atoms with Crippen LogP contribution < -0.4 is 5.73 Å². The molecule has 0 spiro atoms. The number of rotatable bonds is 22. The molecule has 65 heavy (non-hydrogen) atoms. The standard InChI is InChI=1S/C54H59NO10/c55-47-50(60-34-42-25-13-4-14-26-42)48(56)45(37-57-31-39-19-7-1-8-20-39)63-53(47)65-52-51(61-35-43-27-15-5-16-28-43)49(59-33-41-23-11-3-12-24-41)46(38-58-32-40-21-9-2-10-22-40)64-54(52)62-36-44-29-17-6-18-30-44/h1-30,45-54,56H,31-38,55H2/t45-,46-,47-,48-,49-,50-,51+,52+,53+,54+/m1/s1. The van der Waals surface area contributed by atoms with Crippen molar-refractivity contribution in [2.75, 3.05) is 13.2 Å². The Morgan fingerprint density at radius 1 is 0.369 bits per heavy atom. The lowest BCUT2D eigenvalue weighted by Crippen LogP contribution is -2.67. The molecule has 2 saturated heterocycles.